The van der Waals surface area contributed by atoms with Crippen LogP contribution in [-0.2, 0) is 16.2 Å². The van der Waals surface area contributed by atoms with Gasteiger partial charge in [-0.05, 0) is 41.6 Å². The Hall–Kier alpha value is -5.04. The van der Waals surface area contributed by atoms with Gasteiger partial charge in [0, 0.05) is 11.8 Å². The monoisotopic (exact) mass is 563 g/mol. The number of nitrogens with zero attached hydrogens (tertiary/aromatic N) is 2. The van der Waals surface area contributed by atoms with E-state index < -0.39 is 28.5 Å². The Morgan fingerprint density at radius 3 is 2.62 bits per heavy atom. The Morgan fingerprint density at radius 2 is 1.88 bits per heavy atom. The van der Waals surface area contributed by atoms with Gasteiger partial charge in [0.05, 0.1) is 28.6 Å². The third-order valence-corrected chi connectivity index (χ3v) is 6.77. The smallest absolute Gasteiger partial charge is 0.294 e. The van der Waals surface area contributed by atoms with Crippen LogP contribution in [0.3, 0.4) is 0 Å². The normalized spacial score (nSPS) is 14.9. The summed E-state index contributed by atoms with van der Waals surface area (Å²) in [4.78, 5) is 50.1. The second-order valence-electron chi connectivity index (χ2n) is 8.48. The summed E-state index contributed by atoms with van der Waals surface area (Å²) >= 11 is 0.574. The number of carbonyl (C=O) groups is 3. The van der Waals surface area contributed by atoms with Crippen molar-refractivity contribution in [1.82, 2.24) is 4.90 Å². The second kappa shape index (κ2) is 11.4. The van der Waals surface area contributed by atoms with Crippen molar-refractivity contribution in [2.75, 3.05) is 25.8 Å². The minimum atomic E-state index is -0.756. The molecule has 0 unspecified atom stereocenters. The molecule has 0 atom stereocenters. The zero-order valence-electron chi connectivity index (χ0n) is 20.9. The van der Waals surface area contributed by atoms with Gasteiger partial charge >= 0.3 is 0 Å². The van der Waals surface area contributed by atoms with Gasteiger partial charge in [-0.3, -0.25) is 29.4 Å². The molecule has 3 aromatic carbocycles. The number of nitrogens with one attached hydrogen (secondary N) is 1. The van der Waals surface area contributed by atoms with Crippen molar-refractivity contribution >= 4 is 46.3 Å². The number of anilines is 1. The molecule has 0 saturated carbocycles. The molecule has 0 aromatic heterocycles. The van der Waals surface area contributed by atoms with E-state index in [-0.39, 0.29) is 41.1 Å². The first-order valence-corrected chi connectivity index (χ1v) is 12.6. The van der Waals surface area contributed by atoms with Crippen LogP contribution in [0.2, 0.25) is 0 Å². The summed E-state index contributed by atoms with van der Waals surface area (Å²) in [6.45, 7) is -0.321. The summed E-state index contributed by atoms with van der Waals surface area (Å²) in [5, 5.41) is 13.8. The Labute approximate surface area is 231 Å². The number of nitro groups is 1. The largest absolute Gasteiger partial charge is 0.493 e. The highest BCUT2D eigenvalue weighted by atomic mass is 32.2. The molecule has 0 radical (unpaired) electrons. The van der Waals surface area contributed by atoms with Crippen molar-refractivity contribution in [1.29, 1.82) is 0 Å². The highest BCUT2D eigenvalue weighted by molar-refractivity contribution is 8.18. The lowest BCUT2D eigenvalue weighted by atomic mass is 10.1. The van der Waals surface area contributed by atoms with Crippen LogP contribution in [0.15, 0.2) is 65.6 Å². The van der Waals surface area contributed by atoms with E-state index in [1.54, 1.807) is 18.2 Å². The molecule has 1 fully saturated rings. The van der Waals surface area contributed by atoms with Gasteiger partial charge in [0.15, 0.2) is 23.0 Å². The summed E-state index contributed by atoms with van der Waals surface area (Å²) in [5.41, 5.74) is 0.932. The molecular weight excluding hydrogens is 542 g/mol. The number of rotatable bonds is 9. The SMILES string of the molecule is COc1cc(/C=C2/SC(=O)N(CC(=O)Nc3ccc4c(c3)OCO4)C2=O)c([N+](=O)[O-])cc1OCc1ccccc1. The van der Waals surface area contributed by atoms with E-state index in [0.717, 1.165) is 10.5 Å². The molecule has 13 heteroatoms. The van der Waals surface area contributed by atoms with Crippen molar-refractivity contribution in [3.63, 3.8) is 0 Å². The first kappa shape index (κ1) is 26.6. The number of ether oxygens (including phenoxy) is 4. The molecule has 40 heavy (non-hydrogen) atoms. The molecule has 0 aliphatic carbocycles. The van der Waals surface area contributed by atoms with Gasteiger partial charge in [-0.2, -0.15) is 0 Å². The lowest BCUT2D eigenvalue weighted by Gasteiger charge is -2.13. The predicted molar refractivity (Wildman–Crippen MR) is 144 cm³/mol. The summed E-state index contributed by atoms with van der Waals surface area (Å²) in [6.07, 6.45) is 1.22. The minimum absolute atomic E-state index is 0.0317. The molecule has 12 nitrogen and oxygen atoms in total. The summed E-state index contributed by atoms with van der Waals surface area (Å²) in [5.74, 6) is -0.0295. The number of methoxy groups -OCH3 is 1. The standard InChI is InChI=1S/C27H21N3O9S/c1-36-21-9-17(19(30(34)35)12-23(21)37-14-16-5-3-2-4-6-16)10-24-26(32)29(27(33)40-24)13-25(31)28-18-7-8-20-22(11-18)39-15-38-20/h2-12H,13-15H2,1H3,(H,28,31)/b24-10+. The molecule has 204 valence electrons. The number of amides is 3. The molecule has 2 aliphatic rings. The van der Waals surface area contributed by atoms with Crippen LogP contribution in [0.4, 0.5) is 16.2 Å². The van der Waals surface area contributed by atoms with E-state index in [9.17, 15) is 24.5 Å². The van der Waals surface area contributed by atoms with Crippen LogP contribution in [0.5, 0.6) is 23.0 Å². The van der Waals surface area contributed by atoms with E-state index >= 15 is 0 Å². The maximum Gasteiger partial charge on any atom is 0.294 e. The first-order chi connectivity index (χ1) is 19.3. The molecule has 5 rings (SSSR count). The molecule has 3 aromatic rings. The summed E-state index contributed by atoms with van der Waals surface area (Å²) in [6, 6.07) is 16.6. The lowest BCUT2D eigenvalue weighted by Crippen LogP contribution is -2.36. The molecule has 2 aliphatic heterocycles. The Bertz CT molecular complexity index is 1540. The second-order valence-corrected chi connectivity index (χ2v) is 9.47. The number of fused-ring (bicyclic) bond motifs is 1. The fourth-order valence-corrected chi connectivity index (χ4v) is 4.77. The van der Waals surface area contributed by atoms with E-state index in [2.05, 4.69) is 5.32 Å². The number of hydrogen-bond acceptors (Lipinski definition) is 10. The Balaban J connectivity index is 1.32. The summed E-state index contributed by atoms with van der Waals surface area (Å²) < 4.78 is 21.6. The van der Waals surface area contributed by atoms with Crippen molar-refractivity contribution in [2.24, 2.45) is 0 Å². The Morgan fingerprint density at radius 1 is 1.10 bits per heavy atom. The molecular formula is C27H21N3O9S. The molecule has 0 bridgehead atoms. The van der Waals surface area contributed by atoms with Gasteiger partial charge < -0.3 is 24.3 Å². The maximum atomic E-state index is 13.0. The quantitative estimate of drug-likeness (QED) is 0.223. The third-order valence-electron chi connectivity index (χ3n) is 5.87. The van der Waals surface area contributed by atoms with E-state index in [0.29, 0.717) is 28.9 Å². The van der Waals surface area contributed by atoms with Gasteiger partial charge in [0.25, 0.3) is 16.8 Å². The van der Waals surface area contributed by atoms with Gasteiger partial charge in [0.2, 0.25) is 12.7 Å². The van der Waals surface area contributed by atoms with Gasteiger partial charge in [-0.25, -0.2) is 0 Å². The topological polar surface area (TPSA) is 147 Å². The van der Waals surface area contributed by atoms with E-state index in [1.807, 2.05) is 30.3 Å². The Kier molecular flexibility index (Phi) is 7.55. The van der Waals surface area contributed by atoms with Crippen LogP contribution < -0.4 is 24.3 Å². The molecule has 1 saturated heterocycles. The van der Waals surface area contributed by atoms with Crippen LogP contribution in [-0.4, -0.2) is 47.3 Å². The van der Waals surface area contributed by atoms with Crippen molar-refractivity contribution < 1.29 is 38.3 Å². The first-order valence-electron chi connectivity index (χ1n) is 11.8. The average molecular weight is 564 g/mol. The number of thioether (sulfide) groups is 1. The molecule has 1 N–H and O–H groups in total. The zero-order chi connectivity index (χ0) is 28.2. The van der Waals surface area contributed by atoms with E-state index in [1.165, 1.54) is 25.3 Å². The number of hydrogen-bond donors (Lipinski definition) is 1. The fraction of sp³-hybridized carbons (Fsp3) is 0.148. The number of carbonyl (C=O) groups excluding carboxylic acids is 3. The van der Waals surface area contributed by atoms with E-state index in [4.69, 9.17) is 18.9 Å². The van der Waals surface area contributed by atoms with Gasteiger partial charge in [0.1, 0.15) is 13.2 Å². The minimum Gasteiger partial charge on any atom is -0.493 e. The molecule has 2 heterocycles. The van der Waals surface area contributed by atoms with Gasteiger partial charge in [-0.1, -0.05) is 30.3 Å². The number of benzene rings is 3. The maximum absolute atomic E-state index is 13.0. The van der Waals surface area contributed by atoms with Crippen molar-refractivity contribution in [3.8, 4) is 23.0 Å². The molecule has 0 spiro atoms. The molecule has 3 amide bonds. The summed E-state index contributed by atoms with van der Waals surface area (Å²) in [7, 11) is 1.38. The van der Waals surface area contributed by atoms with Crippen molar-refractivity contribution in [3.05, 3.63) is 86.8 Å². The number of nitro benzene ring substituents is 1. The number of imide groups is 1. The lowest BCUT2D eigenvalue weighted by molar-refractivity contribution is -0.385. The van der Waals surface area contributed by atoms with Crippen molar-refractivity contribution in [2.45, 2.75) is 6.61 Å². The van der Waals surface area contributed by atoms with Crippen LogP contribution in [0.25, 0.3) is 6.08 Å². The fourth-order valence-electron chi connectivity index (χ4n) is 3.94. The highest BCUT2D eigenvalue weighted by Gasteiger charge is 2.37. The zero-order valence-corrected chi connectivity index (χ0v) is 21.8. The van der Waals surface area contributed by atoms with Gasteiger partial charge in [-0.15, -0.1) is 0 Å². The van der Waals surface area contributed by atoms with Crippen LogP contribution in [0.1, 0.15) is 11.1 Å². The van der Waals surface area contributed by atoms with Crippen LogP contribution in [0, 0.1) is 10.1 Å². The van der Waals surface area contributed by atoms with Crippen LogP contribution >= 0.6 is 11.8 Å². The third kappa shape index (κ3) is 5.68. The average Bonchev–Trinajstić information content (AvgIpc) is 3.52. The highest BCUT2D eigenvalue weighted by Crippen LogP contribution is 2.39. The predicted octanol–water partition coefficient (Wildman–Crippen LogP) is 4.59.